The number of anilines is 1. The average molecular weight is 350 g/mol. The first-order valence-corrected chi connectivity index (χ1v) is 7.20. The highest BCUT2D eigenvalue weighted by molar-refractivity contribution is 6.31. The van der Waals surface area contributed by atoms with Crippen LogP contribution in [-0.2, 0) is 14.2 Å². The fourth-order valence-corrected chi connectivity index (χ4v) is 2.54. The Morgan fingerprint density at radius 1 is 1.33 bits per heavy atom. The van der Waals surface area contributed by atoms with Gasteiger partial charge >= 0.3 is 5.97 Å². The molecule has 0 amide bonds. The molecule has 0 bridgehead atoms. The average Bonchev–Trinajstić information content (AvgIpc) is 2.93. The number of nitrogens with zero attached hydrogens (tertiary/aromatic N) is 2. The second-order valence-corrected chi connectivity index (χ2v) is 5.19. The lowest BCUT2D eigenvalue weighted by Gasteiger charge is -2.17. The van der Waals surface area contributed by atoms with Gasteiger partial charge in [0.1, 0.15) is 6.07 Å². The van der Waals surface area contributed by atoms with Gasteiger partial charge in [-0.05, 0) is 18.2 Å². The van der Waals surface area contributed by atoms with Crippen molar-refractivity contribution in [2.24, 2.45) is 0 Å². The number of nitrogen functional groups attached to an aromatic ring is 1. The Morgan fingerprint density at radius 3 is 2.54 bits per heavy atom. The standard InChI is InChI=1S/C16H16ClN3O4/c1-22-15(21)14-13(19)9(7-18)8-20(14)10-4-5-12(17)11(6-10)16(23-2)24-3/h4-6,8,16H,19H2,1-3H3. The van der Waals surface area contributed by atoms with Gasteiger partial charge in [-0.2, -0.15) is 5.26 Å². The molecule has 0 unspecified atom stereocenters. The second kappa shape index (κ2) is 7.36. The number of methoxy groups -OCH3 is 3. The third-order valence-electron chi connectivity index (χ3n) is 3.48. The largest absolute Gasteiger partial charge is 0.464 e. The summed E-state index contributed by atoms with van der Waals surface area (Å²) in [6.45, 7) is 0. The van der Waals surface area contributed by atoms with E-state index in [1.165, 1.54) is 32.1 Å². The zero-order valence-corrected chi connectivity index (χ0v) is 14.1. The molecule has 0 fully saturated rings. The van der Waals surface area contributed by atoms with Crippen LogP contribution in [0.15, 0.2) is 24.4 Å². The van der Waals surface area contributed by atoms with E-state index in [-0.39, 0.29) is 16.9 Å². The van der Waals surface area contributed by atoms with Crippen molar-refractivity contribution < 1.29 is 19.0 Å². The maximum Gasteiger partial charge on any atom is 0.357 e. The maximum absolute atomic E-state index is 12.0. The molecule has 24 heavy (non-hydrogen) atoms. The molecule has 0 spiro atoms. The quantitative estimate of drug-likeness (QED) is 0.658. The number of aromatic nitrogens is 1. The smallest absolute Gasteiger partial charge is 0.357 e. The highest BCUT2D eigenvalue weighted by Gasteiger charge is 2.23. The van der Waals surface area contributed by atoms with Gasteiger partial charge in [-0.15, -0.1) is 0 Å². The number of ether oxygens (including phenoxy) is 3. The van der Waals surface area contributed by atoms with Gasteiger partial charge in [-0.1, -0.05) is 11.6 Å². The summed E-state index contributed by atoms with van der Waals surface area (Å²) in [5.74, 6) is -0.652. The molecular weight excluding hydrogens is 334 g/mol. The fourth-order valence-electron chi connectivity index (χ4n) is 2.33. The van der Waals surface area contributed by atoms with Crippen LogP contribution in [0.2, 0.25) is 5.02 Å². The number of hydrogen-bond donors (Lipinski definition) is 1. The van der Waals surface area contributed by atoms with Crippen LogP contribution in [0.1, 0.15) is 27.9 Å². The predicted octanol–water partition coefficient (Wildman–Crippen LogP) is 2.66. The molecule has 0 radical (unpaired) electrons. The lowest BCUT2D eigenvalue weighted by atomic mass is 10.2. The third kappa shape index (κ3) is 3.08. The summed E-state index contributed by atoms with van der Waals surface area (Å²) in [4.78, 5) is 12.0. The number of halogens is 1. The highest BCUT2D eigenvalue weighted by atomic mass is 35.5. The summed E-state index contributed by atoms with van der Waals surface area (Å²) >= 11 is 6.19. The molecule has 1 aromatic heterocycles. The van der Waals surface area contributed by atoms with E-state index >= 15 is 0 Å². The van der Waals surface area contributed by atoms with Gasteiger partial charge in [0.2, 0.25) is 0 Å². The van der Waals surface area contributed by atoms with Crippen LogP contribution < -0.4 is 5.73 Å². The monoisotopic (exact) mass is 349 g/mol. The van der Waals surface area contributed by atoms with E-state index in [2.05, 4.69) is 0 Å². The SMILES string of the molecule is COC(=O)c1c(N)c(C#N)cn1-c1ccc(Cl)c(C(OC)OC)c1. The highest BCUT2D eigenvalue weighted by Crippen LogP contribution is 2.31. The van der Waals surface area contributed by atoms with Crippen molar-refractivity contribution in [3.63, 3.8) is 0 Å². The molecule has 2 rings (SSSR count). The molecule has 0 atom stereocenters. The minimum atomic E-state index is -0.678. The van der Waals surface area contributed by atoms with E-state index in [9.17, 15) is 4.79 Å². The molecule has 1 aromatic carbocycles. The van der Waals surface area contributed by atoms with Crippen LogP contribution in [0.25, 0.3) is 5.69 Å². The molecule has 1 heterocycles. The Kier molecular flexibility index (Phi) is 5.46. The van der Waals surface area contributed by atoms with E-state index in [0.29, 0.717) is 16.3 Å². The Labute approximate surface area is 144 Å². The molecule has 0 saturated carbocycles. The van der Waals surface area contributed by atoms with Gasteiger partial charge in [0.15, 0.2) is 12.0 Å². The molecule has 0 aliphatic heterocycles. The summed E-state index contributed by atoms with van der Waals surface area (Å²) in [6.07, 6.45) is 0.783. The Morgan fingerprint density at radius 2 is 2.00 bits per heavy atom. The second-order valence-electron chi connectivity index (χ2n) is 4.79. The molecule has 2 N–H and O–H groups in total. The predicted molar refractivity (Wildman–Crippen MR) is 88.0 cm³/mol. The molecule has 0 aliphatic carbocycles. The summed E-state index contributed by atoms with van der Waals surface area (Å²) in [5.41, 5.74) is 7.30. The van der Waals surface area contributed by atoms with Gasteiger partial charge in [-0.3, -0.25) is 0 Å². The van der Waals surface area contributed by atoms with E-state index in [4.69, 9.17) is 36.8 Å². The molecule has 0 saturated heterocycles. The zero-order valence-electron chi connectivity index (χ0n) is 13.4. The van der Waals surface area contributed by atoms with Crippen molar-refractivity contribution in [3.05, 3.63) is 46.2 Å². The number of nitriles is 1. The number of esters is 1. The number of nitrogens with two attached hydrogens (primary N) is 1. The molecular formula is C16H16ClN3O4. The maximum atomic E-state index is 12.0. The van der Waals surface area contributed by atoms with Crippen LogP contribution in [0.4, 0.5) is 5.69 Å². The van der Waals surface area contributed by atoms with Crippen LogP contribution in [0, 0.1) is 11.3 Å². The topological polar surface area (TPSA) is 99.5 Å². The third-order valence-corrected chi connectivity index (χ3v) is 3.83. The van der Waals surface area contributed by atoms with Gasteiger partial charge in [-0.25, -0.2) is 4.79 Å². The van der Waals surface area contributed by atoms with Crippen molar-refractivity contribution in [2.45, 2.75) is 6.29 Å². The first-order chi connectivity index (χ1) is 11.5. The van der Waals surface area contributed by atoms with Crippen LogP contribution >= 0.6 is 11.6 Å². The molecule has 7 nitrogen and oxygen atoms in total. The van der Waals surface area contributed by atoms with Crippen LogP contribution in [0.3, 0.4) is 0 Å². The summed E-state index contributed by atoms with van der Waals surface area (Å²) in [7, 11) is 4.21. The number of carbonyl (C=O) groups excluding carboxylic acids is 1. The summed E-state index contributed by atoms with van der Waals surface area (Å²) in [6, 6.07) is 6.96. The van der Waals surface area contributed by atoms with Crippen LogP contribution in [-0.4, -0.2) is 31.9 Å². The van der Waals surface area contributed by atoms with Gasteiger partial charge in [0, 0.05) is 36.7 Å². The Bertz CT molecular complexity index is 806. The Hall–Kier alpha value is -2.53. The number of hydrogen-bond acceptors (Lipinski definition) is 6. The minimum Gasteiger partial charge on any atom is -0.464 e. The Balaban J connectivity index is 2.67. The fraction of sp³-hybridized carbons (Fsp3) is 0.250. The van der Waals surface area contributed by atoms with Crippen molar-refractivity contribution in [1.29, 1.82) is 5.26 Å². The first kappa shape index (κ1) is 17.8. The molecule has 8 heteroatoms. The van der Waals surface area contributed by atoms with Crippen molar-refractivity contribution >= 4 is 23.3 Å². The van der Waals surface area contributed by atoms with Crippen LogP contribution in [0.5, 0.6) is 0 Å². The summed E-state index contributed by atoms with van der Waals surface area (Å²) in [5, 5.41) is 9.60. The molecule has 2 aromatic rings. The number of benzene rings is 1. The molecule has 0 aliphatic rings. The zero-order chi connectivity index (χ0) is 17.9. The van der Waals surface area contributed by atoms with Gasteiger partial charge in [0.05, 0.1) is 18.4 Å². The lowest BCUT2D eigenvalue weighted by Crippen LogP contribution is -2.12. The first-order valence-electron chi connectivity index (χ1n) is 6.83. The number of carbonyl (C=O) groups is 1. The van der Waals surface area contributed by atoms with Crippen molar-refractivity contribution in [1.82, 2.24) is 4.57 Å². The van der Waals surface area contributed by atoms with Crippen molar-refractivity contribution in [2.75, 3.05) is 27.1 Å². The van der Waals surface area contributed by atoms with E-state index < -0.39 is 12.3 Å². The normalized spacial score (nSPS) is 10.7. The van der Waals surface area contributed by atoms with Gasteiger partial charge < -0.3 is 24.5 Å². The van der Waals surface area contributed by atoms with E-state index in [0.717, 1.165) is 0 Å². The van der Waals surface area contributed by atoms with Gasteiger partial charge in [0.25, 0.3) is 0 Å². The molecule has 126 valence electrons. The van der Waals surface area contributed by atoms with E-state index in [1.54, 1.807) is 18.2 Å². The minimum absolute atomic E-state index is 0.0517. The summed E-state index contributed by atoms with van der Waals surface area (Å²) < 4.78 is 16.7. The van der Waals surface area contributed by atoms with Crippen molar-refractivity contribution in [3.8, 4) is 11.8 Å². The lowest BCUT2D eigenvalue weighted by molar-refractivity contribution is -0.105. The van der Waals surface area contributed by atoms with E-state index in [1.807, 2.05) is 6.07 Å². The number of rotatable bonds is 5.